The van der Waals surface area contributed by atoms with E-state index in [2.05, 4.69) is 15.3 Å². The van der Waals surface area contributed by atoms with E-state index in [1.54, 1.807) is 0 Å². The summed E-state index contributed by atoms with van der Waals surface area (Å²) >= 11 is 0. The monoisotopic (exact) mass is 185 g/mol. The summed E-state index contributed by atoms with van der Waals surface area (Å²) in [6.45, 7) is -0.350. The van der Waals surface area contributed by atoms with Crippen molar-refractivity contribution in [3.8, 4) is 0 Å². The van der Waals surface area contributed by atoms with Crippen LogP contribution in [-0.2, 0) is 0 Å². The van der Waals surface area contributed by atoms with Crippen LogP contribution in [0, 0.1) is 0 Å². The highest BCUT2D eigenvalue weighted by Crippen LogP contribution is 1.89. The SMILES string of the molecule is O=C(NCC(O)CO)c1cnc[nH]1. The van der Waals surface area contributed by atoms with Gasteiger partial charge in [-0.15, -0.1) is 0 Å². The number of nitrogens with one attached hydrogen (secondary N) is 2. The summed E-state index contributed by atoms with van der Waals surface area (Å²) in [6, 6.07) is 0. The second-order valence-electron chi connectivity index (χ2n) is 2.51. The minimum atomic E-state index is -0.924. The first kappa shape index (κ1) is 9.69. The molecule has 0 bridgehead atoms. The maximum atomic E-state index is 11.2. The Labute approximate surface area is 74.6 Å². The van der Waals surface area contributed by atoms with E-state index in [1.807, 2.05) is 0 Å². The summed E-state index contributed by atoms with van der Waals surface area (Å²) in [5.74, 6) is -0.356. The lowest BCUT2D eigenvalue weighted by atomic mass is 10.3. The lowest BCUT2D eigenvalue weighted by Crippen LogP contribution is -2.34. The summed E-state index contributed by atoms with van der Waals surface area (Å²) in [5.41, 5.74) is 0.324. The molecule has 4 N–H and O–H groups in total. The van der Waals surface area contributed by atoms with Crippen molar-refractivity contribution in [2.45, 2.75) is 6.10 Å². The molecule has 13 heavy (non-hydrogen) atoms. The average Bonchev–Trinajstić information content (AvgIpc) is 2.66. The molecule has 0 radical (unpaired) electrons. The van der Waals surface area contributed by atoms with Crippen LogP contribution in [0.4, 0.5) is 0 Å². The van der Waals surface area contributed by atoms with E-state index in [0.29, 0.717) is 5.69 Å². The van der Waals surface area contributed by atoms with Crippen LogP contribution >= 0.6 is 0 Å². The van der Waals surface area contributed by atoms with Gasteiger partial charge in [0.05, 0.1) is 25.2 Å². The van der Waals surface area contributed by atoms with Gasteiger partial charge in [-0.3, -0.25) is 4.79 Å². The van der Waals surface area contributed by atoms with Gasteiger partial charge in [-0.25, -0.2) is 4.98 Å². The Hall–Kier alpha value is -1.40. The molecule has 1 amide bonds. The molecular weight excluding hydrogens is 174 g/mol. The van der Waals surface area contributed by atoms with Gasteiger partial charge in [0.25, 0.3) is 5.91 Å². The quantitative estimate of drug-likeness (QED) is 0.458. The number of amides is 1. The standard InChI is InChI=1S/C7H11N3O3/c11-3-5(12)1-9-7(13)6-2-8-4-10-6/h2,4-5,11-12H,1,3H2,(H,8,10)(H,9,13). The molecule has 1 unspecified atom stereocenters. The Morgan fingerprint density at radius 1 is 1.77 bits per heavy atom. The summed E-state index contributed by atoms with van der Waals surface area (Å²) in [7, 11) is 0. The smallest absolute Gasteiger partial charge is 0.269 e. The lowest BCUT2D eigenvalue weighted by molar-refractivity contribution is 0.0799. The number of aliphatic hydroxyl groups is 2. The molecule has 0 fully saturated rings. The molecule has 1 aromatic heterocycles. The number of carbonyl (C=O) groups excluding carboxylic acids is 1. The molecule has 0 spiro atoms. The summed E-state index contributed by atoms with van der Waals surface area (Å²) in [4.78, 5) is 17.4. The molecule has 6 heteroatoms. The number of aromatic amines is 1. The predicted octanol–water partition coefficient (Wildman–Crippen LogP) is -1.51. The second-order valence-corrected chi connectivity index (χ2v) is 2.51. The van der Waals surface area contributed by atoms with Crippen molar-refractivity contribution in [1.29, 1.82) is 0 Å². The van der Waals surface area contributed by atoms with E-state index in [1.165, 1.54) is 12.5 Å². The highest BCUT2D eigenvalue weighted by molar-refractivity contribution is 5.91. The van der Waals surface area contributed by atoms with E-state index in [4.69, 9.17) is 10.2 Å². The van der Waals surface area contributed by atoms with Gasteiger partial charge in [-0.2, -0.15) is 0 Å². The van der Waals surface area contributed by atoms with Crippen LogP contribution in [0.5, 0.6) is 0 Å². The first-order valence-electron chi connectivity index (χ1n) is 3.79. The van der Waals surface area contributed by atoms with Gasteiger partial charge in [-0.1, -0.05) is 0 Å². The maximum Gasteiger partial charge on any atom is 0.269 e. The predicted molar refractivity (Wildman–Crippen MR) is 44.0 cm³/mol. The Morgan fingerprint density at radius 2 is 2.54 bits per heavy atom. The molecule has 1 rings (SSSR count). The Balaban J connectivity index is 2.35. The van der Waals surface area contributed by atoms with Crippen molar-refractivity contribution in [2.24, 2.45) is 0 Å². The topological polar surface area (TPSA) is 98.2 Å². The van der Waals surface area contributed by atoms with Crippen molar-refractivity contribution in [3.63, 3.8) is 0 Å². The minimum Gasteiger partial charge on any atom is -0.394 e. The Bertz CT molecular complexity index is 260. The molecular formula is C7H11N3O3. The van der Waals surface area contributed by atoms with Crippen LogP contribution in [0.15, 0.2) is 12.5 Å². The second kappa shape index (κ2) is 4.58. The van der Waals surface area contributed by atoms with E-state index in [-0.39, 0.29) is 19.1 Å². The fraction of sp³-hybridized carbons (Fsp3) is 0.429. The molecule has 6 nitrogen and oxygen atoms in total. The van der Waals surface area contributed by atoms with E-state index < -0.39 is 6.10 Å². The number of hydrogen-bond donors (Lipinski definition) is 4. The number of nitrogens with zero attached hydrogens (tertiary/aromatic N) is 1. The van der Waals surface area contributed by atoms with Gasteiger partial charge >= 0.3 is 0 Å². The molecule has 0 aliphatic rings. The number of H-pyrrole nitrogens is 1. The van der Waals surface area contributed by atoms with Crippen molar-refractivity contribution in [2.75, 3.05) is 13.2 Å². The third-order valence-corrected chi connectivity index (χ3v) is 1.45. The molecule has 0 saturated heterocycles. The Morgan fingerprint density at radius 3 is 3.08 bits per heavy atom. The van der Waals surface area contributed by atoms with Crippen molar-refractivity contribution >= 4 is 5.91 Å². The first-order valence-corrected chi connectivity index (χ1v) is 3.79. The number of aromatic nitrogens is 2. The van der Waals surface area contributed by atoms with Crippen LogP contribution < -0.4 is 5.32 Å². The summed E-state index contributed by atoms with van der Waals surface area (Å²) in [5, 5.41) is 19.8. The van der Waals surface area contributed by atoms with Crippen LogP contribution in [0.25, 0.3) is 0 Å². The third-order valence-electron chi connectivity index (χ3n) is 1.45. The zero-order chi connectivity index (χ0) is 9.68. The van der Waals surface area contributed by atoms with Gasteiger partial charge in [0, 0.05) is 6.54 Å². The van der Waals surface area contributed by atoms with E-state index >= 15 is 0 Å². The molecule has 1 heterocycles. The average molecular weight is 185 g/mol. The molecule has 0 saturated carbocycles. The third kappa shape index (κ3) is 2.85. The van der Waals surface area contributed by atoms with E-state index in [0.717, 1.165) is 0 Å². The van der Waals surface area contributed by atoms with Gasteiger partial charge in [0.2, 0.25) is 0 Å². The summed E-state index contributed by atoms with van der Waals surface area (Å²) < 4.78 is 0. The van der Waals surface area contributed by atoms with Crippen LogP contribution in [-0.4, -0.2) is 45.3 Å². The fourth-order valence-corrected chi connectivity index (χ4v) is 0.750. The molecule has 1 aromatic rings. The lowest BCUT2D eigenvalue weighted by Gasteiger charge is -2.07. The van der Waals surface area contributed by atoms with Crippen LogP contribution in [0.3, 0.4) is 0 Å². The van der Waals surface area contributed by atoms with Gasteiger partial charge in [0.15, 0.2) is 0 Å². The normalized spacial score (nSPS) is 12.5. The highest BCUT2D eigenvalue weighted by Gasteiger charge is 2.08. The van der Waals surface area contributed by atoms with Crippen LogP contribution in [0.2, 0.25) is 0 Å². The van der Waals surface area contributed by atoms with Crippen molar-refractivity contribution in [3.05, 3.63) is 18.2 Å². The highest BCUT2D eigenvalue weighted by atomic mass is 16.3. The van der Waals surface area contributed by atoms with E-state index in [9.17, 15) is 4.79 Å². The molecule has 0 aliphatic carbocycles. The van der Waals surface area contributed by atoms with Gasteiger partial charge in [-0.05, 0) is 0 Å². The number of imidazole rings is 1. The molecule has 0 aliphatic heterocycles. The number of rotatable bonds is 4. The largest absolute Gasteiger partial charge is 0.394 e. The molecule has 72 valence electrons. The molecule has 0 aromatic carbocycles. The number of aliphatic hydroxyl groups excluding tert-OH is 2. The number of hydrogen-bond acceptors (Lipinski definition) is 4. The molecule has 1 atom stereocenters. The first-order chi connectivity index (χ1) is 6.24. The van der Waals surface area contributed by atoms with Gasteiger partial charge in [0.1, 0.15) is 5.69 Å². The zero-order valence-corrected chi connectivity index (χ0v) is 6.90. The fourth-order valence-electron chi connectivity index (χ4n) is 0.750. The maximum absolute atomic E-state index is 11.2. The number of carbonyl (C=O) groups is 1. The van der Waals surface area contributed by atoms with Crippen molar-refractivity contribution < 1.29 is 15.0 Å². The van der Waals surface area contributed by atoms with Crippen molar-refractivity contribution in [1.82, 2.24) is 15.3 Å². The van der Waals surface area contributed by atoms with Gasteiger partial charge < -0.3 is 20.5 Å². The summed E-state index contributed by atoms with van der Waals surface area (Å²) in [6.07, 6.45) is 1.84. The Kier molecular flexibility index (Phi) is 3.41. The minimum absolute atomic E-state index is 0.0222. The zero-order valence-electron chi connectivity index (χ0n) is 6.90. The van der Waals surface area contributed by atoms with Crippen LogP contribution in [0.1, 0.15) is 10.5 Å².